The molecule has 1 aliphatic rings. The molecule has 1 aliphatic carbocycles. The second-order valence-electron chi connectivity index (χ2n) is 4.25. The molecule has 0 atom stereocenters. The van der Waals surface area contributed by atoms with Gasteiger partial charge in [0.15, 0.2) is 5.82 Å². The summed E-state index contributed by atoms with van der Waals surface area (Å²) in [5.41, 5.74) is 2.32. The SMILES string of the molecule is Cc1cc(Br)cnc1-n1ccc(C2CC2)n1. The molecule has 3 nitrogen and oxygen atoms in total. The van der Waals surface area contributed by atoms with Crippen molar-refractivity contribution in [2.45, 2.75) is 25.7 Å². The van der Waals surface area contributed by atoms with Gasteiger partial charge in [0.1, 0.15) is 0 Å². The van der Waals surface area contributed by atoms with Gasteiger partial charge < -0.3 is 0 Å². The molecule has 0 unspecified atom stereocenters. The molecule has 0 radical (unpaired) electrons. The van der Waals surface area contributed by atoms with Gasteiger partial charge in [-0.25, -0.2) is 9.67 Å². The standard InChI is InChI=1S/C12H12BrN3/c1-8-6-10(13)7-14-12(8)16-5-4-11(15-16)9-2-3-9/h4-7,9H,2-3H2,1H3. The summed E-state index contributed by atoms with van der Waals surface area (Å²) in [5.74, 6) is 1.60. The molecule has 2 heterocycles. The Morgan fingerprint density at radius 1 is 1.44 bits per heavy atom. The summed E-state index contributed by atoms with van der Waals surface area (Å²) >= 11 is 3.42. The fraction of sp³-hybridized carbons (Fsp3) is 0.333. The van der Waals surface area contributed by atoms with E-state index in [1.807, 2.05) is 17.8 Å². The molecule has 0 amide bonds. The third-order valence-corrected chi connectivity index (χ3v) is 3.27. The summed E-state index contributed by atoms with van der Waals surface area (Å²) < 4.78 is 2.87. The van der Waals surface area contributed by atoms with Crippen LogP contribution in [0.3, 0.4) is 0 Å². The maximum absolute atomic E-state index is 4.57. The van der Waals surface area contributed by atoms with Crippen LogP contribution in [0.4, 0.5) is 0 Å². The minimum atomic E-state index is 0.692. The van der Waals surface area contributed by atoms with E-state index in [-0.39, 0.29) is 0 Å². The van der Waals surface area contributed by atoms with Crippen LogP contribution in [0.5, 0.6) is 0 Å². The van der Waals surface area contributed by atoms with Crippen molar-refractivity contribution in [1.82, 2.24) is 14.8 Å². The van der Waals surface area contributed by atoms with Crippen molar-refractivity contribution in [2.24, 2.45) is 0 Å². The molecule has 1 saturated carbocycles. The molecule has 2 aromatic rings. The van der Waals surface area contributed by atoms with Crippen LogP contribution in [0.1, 0.15) is 30.0 Å². The number of rotatable bonds is 2. The first-order valence-electron chi connectivity index (χ1n) is 5.42. The lowest BCUT2D eigenvalue weighted by molar-refractivity contribution is 0.805. The van der Waals surface area contributed by atoms with Crippen molar-refractivity contribution < 1.29 is 0 Å². The van der Waals surface area contributed by atoms with E-state index in [0.717, 1.165) is 15.9 Å². The van der Waals surface area contributed by atoms with Crippen LogP contribution in [-0.2, 0) is 0 Å². The number of pyridine rings is 1. The second-order valence-corrected chi connectivity index (χ2v) is 5.17. The molecule has 0 N–H and O–H groups in total. The Balaban J connectivity index is 2.00. The Labute approximate surface area is 103 Å². The first kappa shape index (κ1) is 10.0. The van der Waals surface area contributed by atoms with Gasteiger partial charge in [-0.05, 0) is 53.4 Å². The van der Waals surface area contributed by atoms with Crippen molar-refractivity contribution in [1.29, 1.82) is 0 Å². The number of aromatic nitrogens is 3. The predicted octanol–water partition coefficient (Wildman–Crippen LogP) is 3.22. The summed E-state index contributed by atoms with van der Waals surface area (Å²) in [7, 11) is 0. The molecule has 0 bridgehead atoms. The van der Waals surface area contributed by atoms with E-state index < -0.39 is 0 Å². The van der Waals surface area contributed by atoms with Crippen LogP contribution in [-0.4, -0.2) is 14.8 Å². The van der Waals surface area contributed by atoms with Gasteiger partial charge in [0.2, 0.25) is 0 Å². The largest absolute Gasteiger partial charge is 0.236 e. The minimum Gasteiger partial charge on any atom is -0.236 e. The minimum absolute atomic E-state index is 0.692. The van der Waals surface area contributed by atoms with Crippen molar-refractivity contribution in [3.63, 3.8) is 0 Å². The zero-order valence-corrected chi connectivity index (χ0v) is 10.6. The molecule has 0 saturated heterocycles. The zero-order valence-electron chi connectivity index (χ0n) is 9.02. The van der Waals surface area contributed by atoms with Gasteiger partial charge in [-0.3, -0.25) is 0 Å². The highest BCUT2D eigenvalue weighted by atomic mass is 79.9. The van der Waals surface area contributed by atoms with Crippen molar-refractivity contribution in [2.75, 3.05) is 0 Å². The average molecular weight is 278 g/mol. The number of hydrogen-bond donors (Lipinski definition) is 0. The Hall–Kier alpha value is -1.16. The van der Waals surface area contributed by atoms with Gasteiger partial charge in [-0.2, -0.15) is 5.10 Å². The first-order valence-corrected chi connectivity index (χ1v) is 6.21. The normalized spacial score (nSPS) is 15.4. The second kappa shape index (κ2) is 3.70. The maximum atomic E-state index is 4.57. The summed E-state index contributed by atoms with van der Waals surface area (Å²) in [4.78, 5) is 4.39. The van der Waals surface area contributed by atoms with Crippen molar-refractivity contribution >= 4 is 15.9 Å². The number of halogens is 1. The van der Waals surface area contributed by atoms with Gasteiger partial charge in [0.25, 0.3) is 0 Å². The molecule has 0 aliphatic heterocycles. The highest BCUT2D eigenvalue weighted by Gasteiger charge is 2.26. The topological polar surface area (TPSA) is 30.7 Å². The lowest BCUT2D eigenvalue weighted by atomic mass is 10.3. The summed E-state index contributed by atoms with van der Waals surface area (Å²) in [6.45, 7) is 2.05. The molecule has 16 heavy (non-hydrogen) atoms. The average Bonchev–Trinajstić information content (AvgIpc) is 2.98. The Morgan fingerprint density at radius 3 is 2.94 bits per heavy atom. The van der Waals surface area contributed by atoms with E-state index in [2.05, 4.69) is 38.1 Å². The van der Waals surface area contributed by atoms with E-state index in [9.17, 15) is 0 Å². The molecule has 2 aromatic heterocycles. The van der Waals surface area contributed by atoms with Crippen LogP contribution in [0.25, 0.3) is 5.82 Å². The Morgan fingerprint density at radius 2 is 2.25 bits per heavy atom. The van der Waals surface area contributed by atoms with Gasteiger partial charge in [-0.1, -0.05) is 0 Å². The Kier molecular flexibility index (Phi) is 2.32. The van der Waals surface area contributed by atoms with Gasteiger partial charge in [0.05, 0.1) is 5.69 Å². The van der Waals surface area contributed by atoms with Crippen LogP contribution in [0, 0.1) is 6.92 Å². The van der Waals surface area contributed by atoms with E-state index in [1.54, 1.807) is 6.20 Å². The molecular weight excluding hydrogens is 266 g/mol. The predicted molar refractivity (Wildman–Crippen MR) is 65.8 cm³/mol. The highest BCUT2D eigenvalue weighted by molar-refractivity contribution is 9.10. The number of aryl methyl sites for hydroxylation is 1. The molecule has 0 spiro atoms. The smallest absolute Gasteiger partial charge is 0.156 e. The van der Waals surface area contributed by atoms with E-state index in [1.165, 1.54) is 18.5 Å². The molecule has 4 heteroatoms. The van der Waals surface area contributed by atoms with Gasteiger partial charge in [-0.15, -0.1) is 0 Å². The zero-order chi connectivity index (χ0) is 11.1. The van der Waals surface area contributed by atoms with Gasteiger partial charge in [0, 0.05) is 22.8 Å². The monoisotopic (exact) mass is 277 g/mol. The van der Waals surface area contributed by atoms with E-state index in [0.29, 0.717) is 5.92 Å². The molecule has 3 rings (SSSR count). The van der Waals surface area contributed by atoms with E-state index in [4.69, 9.17) is 0 Å². The number of nitrogens with zero attached hydrogens (tertiary/aromatic N) is 3. The molecule has 0 aromatic carbocycles. The fourth-order valence-corrected chi connectivity index (χ4v) is 2.27. The fourth-order valence-electron chi connectivity index (χ4n) is 1.83. The molecular formula is C12H12BrN3. The third kappa shape index (κ3) is 1.78. The molecule has 82 valence electrons. The van der Waals surface area contributed by atoms with Crippen LogP contribution in [0.15, 0.2) is 29.0 Å². The van der Waals surface area contributed by atoms with Gasteiger partial charge >= 0.3 is 0 Å². The quantitative estimate of drug-likeness (QED) is 0.844. The highest BCUT2D eigenvalue weighted by Crippen LogP contribution is 2.39. The van der Waals surface area contributed by atoms with Crippen LogP contribution < -0.4 is 0 Å². The maximum Gasteiger partial charge on any atom is 0.156 e. The van der Waals surface area contributed by atoms with Crippen LogP contribution >= 0.6 is 15.9 Å². The van der Waals surface area contributed by atoms with E-state index >= 15 is 0 Å². The lowest BCUT2D eigenvalue weighted by Crippen LogP contribution is -2.01. The first-order chi connectivity index (χ1) is 7.74. The Bertz CT molecular complexity index is 529. The molecule has 1 fully saturated rings. The van der Waals surface area contributed by atoms with Crippen molar-refractivity contribution in [3.05, 3.63) is 40.3 Å². The van der Waals surface area contributed by atoms with Crippen molar-refractivity contribution in [3.8, 4) is 5.82 Å². The number of hydrogen-bond acceptors (Lipinski definition) is 2. The van der Waals surface area contributed by atoms with Crippen LogP contribution in [0.2, 0.25) is 0 Å². The summed E-state index contributed by atoms with van der Waals surface area (Å²) in [6, 6.07) is 4.15. The lowest BCUT2D eigenvalue weighted by Gasteiger charge is -2.04. The third-order valence-electron chi connectivity index (χ3n) is 2.84. The summed E-state index contributed by atoms with van der Waals surface area (Å²) in [6.07, 6.45) is 6.37. The summed E-state index contributed by atoms with van der Waals surface area (Å²) in [5, 5.41) is 4.57.